The lowest BCUT2D eigenvalue weighted by Gasteiger charge is -2.07. The number of hydrogen-bond acceptors (Lipinski definition) is 7. The number of methoxy groups -OCH3 is 2. The van der Waals surface area contributed by atoms with E-state index in [0.717, 1.165) is 0 Å². The standard InChI is InChI=1S/C11H13N3O5/c1-7(11(15)19-3)12-13-9-5-4-8(14(16)17)6-10(9)18-2/h4-6,13H,1-3H3/b12-7+. The minimum atomic E-state index is -0.576. The number of esters is 1. The van der Waals surface area contributed by atoms with Gasteiger partial charge < -0.3 is 9.47 Å². The minimum Gasteiger partial charge on any atom is -0.494 e. The van der Waals surface area contributed by atoms with Crippen LogP contribution >= 0.6 is 0 Å². The second-order valence-corrected chi connectivity index (χ2v) is 3.44. The molecule has 102 valence electrons. The van der Waals surface area contributed by atoms with E-state index in [1.165, 1.54) is 39.3 Å². The Morgan fingerprint density at radius 1 is 1.42 bits per heavy atom. The molecule has 1 aromatic rings. The number of carbonyl (C=O) groups excluding carboxylic acids is 1. The molecule has 0 unspecified atom stereocenters. The molecule has 0 amide bonds. The van der Waals surface area contributed by atoms with Crippen LogP contribution in [0.4, 0.5) is 11.4 Å². The lowest BCUT2D eigenvalue weighted by Crippen LogP contribution is -2.13. The molecule has 0 aliphatic rings. The lowest BCUT2D eigenvalue weighted by atomic mass is 10.2. The molecule has 8 nitrogen and oxygen atoms in total. The number of nitrogens with zero attached hydrogens (tertiary/aromatic N) is 2. The van der Waals surface area contributed by atoms with Gasteiger partial charge in [0.2, 0.25) is 0 Å². The van der Waals surface area contributed by atoms with Gasteiger partial charge in [-0.3, -0.25) is 15.5 Å². The van der Waals surface area contributed by atoms with Crippen LogP contribution in [0.15, 0.2) is 23.3 Å². The van der Waals surface area contributed by atoms with Gasteiger partial charge in [0, 0.05) is 6.07 Å². The van der Waals surface area contributed by atoms with Crippen LogP contribution in [-0.4, -0.2) is 30.8 Å². The summed E-state index contributed by atoms with van der Waals surface area (Å²) in [5.74, 6) is -0.330. The zero-order valence-electron chi connectivity index (χ0n) is 10.7. The first-order valence-corrected chi connectivity index (χ1v) is 5.20. The van der Waals surface area contributed by atoms with Crippen LogP contribution in [0.5, 0.6) is 5.75 Å². The zero-order valence-corrected chi connectivity index (χ0v) is 10.7. The number of non-ortho nitro benzene ring substituents is 1. The van der Waals surface area contributed by atoms with E-state index < -0.39 is 10.9 Å². The topological polar surface area (TPSA) is 103 Å². The zero-order chi connectivity index (χ0) is 14.4. The number of anilines is 1. The average Bonchev–Trinajstić information content (AvgIpc) is 2.43. The molecule has 0 saturated carbocycles. The normalized spacial score (nSPS) is 10.8. The summed E-state index contributed by atoms with van der Waals surface area (Å²) >= 11 is 0. The van der Waals surface area contributed by atoms with Gasteiger partial charge in [0.15, 0.2) is 5.75 Å². The van der Waals surface area contributed by atoms with Crippen molar-refractivity contribution in [1.82, 2.24) is 0 Å². The Kier molecular flexibility index (Phi) is 4.81. The summed E-state index contributed by atoms with van der Waals surface area (Å²) in [5.41, 5.74) is 3.00. The van der Waals surface area contributed by atoms with E-state index in [4.69, 9.17) is 4.74 Å². The van der Waals surface area contributed by atoms with Crippen LogP contribution in [0.2, 0.25) is 0 Å². The van der Waals surface area contributed by atoms with Crippen molar-refractivity contribution in [3.8, 4) is 5.75 Å². The predicted molar refractivity (Wildman–Crippen MR) is 68.4 cm³/mol. The molecule has 8 heteroatoms. The molecular formula is C11H13N3O5. The number of hydrogen-bond donors (Lipinski definition) is 1. The molecule has 1 N–H and O–H groups in total. The second kappa shape index (κ2) is 6.34. The van der Waals surface area contributed by atoms with Crippen molar-refractivity contribution in [3.05, 3.63) is 28.3 Å². The van der Waals surface area contributed by atoms with Crippen LogP contribution in [0.1, 0.15) is 6.92 Å². The molecule has 0 aliphatic carbocycles. The largest absolute Gasteiger partial charge is 0.494 e. The molecule has 0 radical (unpaired) electrons. The van der Waals surface area contributed by atoms with E-state index in [1.54, 1.807) is 0 Å². The van der Waals surface area contributed by atoms with Crippen molar-refractivity contribution in [3.63, 3.8) is 0 Å². The Labute approximate surface area is 109 Å². The molecule has 1 rings (SSSR count). The first-order valence-electron chi connectivity index (χ1n) is 5.20. The highest BCUT2D eigenvalue weighted by molar-refractivity contribution is 6.35. The van der Waals surface area contributed by atoms with Crippen LogP contribution in [0, 0.1) is 10.1 Å². The Morgan fingerprint density at radius 3 is 2.63 bits per heavy atom. The summed E-state index contributed by atoms with van der Waals surface area (Å²) in [5, 5.41) is 14.4. The third-order valence-corrected chi connectivity index (χ3v) is 2.22. The van der Waals surface area contributed by atoms with Crippen molar-refractivity contribution < 1.29 is 19.2 Å². The highest BCUT2D eigenvalue weighted by Crippen LogP contribution is 2.28. The summed E-state index contributed by atoms with van der Waals surface area (Å²) in [6.07, 6.45) is 0. The molecule has 0 aromatic heterocycles. The van der Waals surface area contributed by atoms with Crippen LogP contribution in [0.3, 0.4) is 0 Å². The molecular weight excluding hydrogens is 254 g/mol. The molecule has 0 bridgehead atoms. The number of benzene rings is 1. The van der Waals surface area contributed by atoms with E-state index in [0.29, 0.717) is 5.69 Å². The average molecular weight is 267 g/mol. The van der Waals surface area contributed by atoms with E-state index in [-0.39, 0.29) is 17.1 Å². The number of ether oxygens (including phenoxy) is 2. The fraction of sp³-hybridized carbons (Fsp3) is 0.273. The molecule has 1 aromatic carbocycles. The summed E-state index contributed by atoms with van der Waals surface area (Å²) < 4.78 is 9.48. The molecule has 0 heterocycles. The van der Waals surface area contributed by atoms with E-state index in [9.17, 15) is 14.9 Å². The van der Waals surface area contributed by atoms with Gasteiger partial charge in [-0.15, -0.1) is 0 Å². The maximum absolute atomic E-state index is 11.1. The minimum absolute atomic E-state index is 0.101. The second-order valence-electron chi connectivity index (χ2n) is 3.44. The van der Waals surface area contributed by atoms with Crippen LogP contribution in [0.25, 0.3) is 0 Å². The number of nitrogens with one attached hydrogen (secondary N) is 1. The van der Waals surface area contributed by atoms with Crippen molar-refractivity contribution in [1.29, 1.82) is 0 Å². The number of hydrazone groups is 1. The van der Waals surface area contributed by atoms with Gasteiger partial charge in [0.25, 0.3) is 5.69 Å². The summed E-state index contributed by atoms with van der Waals surface area (Å²) in [6.45, 7) is 1.47. The van der Waals surface area contributed by atoms with E-state index in [2.05, 4.69) is 15.3 Å². The van der Waals surface area contributed by atoms with E-state index in [1.807, 2.05) is 0 Å². The Morgan fingerprint density at radius 2 is 2.11 bits per heavy atom. The molecule has 19 heavy (non-hydrogen) atoms. The van der Waals surface area contributed by atoms with Gasteiger partial charge in [0.05, 0.1) is 30.9 Å². The highest BCUT2D eigenvalue weighted by atomic mass is 16.6. The lowest BCUT2D eigenvalue weighted by molar-refractivity contribution is -0.384. The van der Waals surface area contributed by atoms with Crippen molar-refractivity contribution in [2.24, 2.45) is 5.10 Å². The van der Waals surface area contributed by atoms with Gasteiger partial charge in [0.1, 0.15) is 5.71 Å². The number of nitro groups is 1. The first-order chi connectivity index (χ1) is 8.99. The fourth-order valence-electron chi connectivity index (χ4n) is 1.22. The number of carbonyl (C=O) groups is 1. The Bertz CT molecular complexity index is 527. The smallest absolute Gasteiger partial charge is 0.353 e. The predicted octanol–water partition coefficient (Wildman–Crippen LogP) is 1.56. The first kappa shape index (κ1) is 14.4. The molecule has 0 saturated heterocycles. The van der Waals surface area contributed by atoms with Crippen LogP contribution < -0.4 is 10.2 Å². The third kappa shape index (κ3) is 3.66. The number of rotatable bonds is 5. The summed E-state index contributed by atoms with van der Waals surface area (Å²) in [7, 11) is 2.62. The number of nitro benzene ring substituents is 1. The van der Waals surface area contributed by atoms with Gasteiger partial charge in [-0.25, -0.2) is 4.79 Å². The van der Waals surface area contributed by atoms with Crippen LogP contribution in [-0.2, 0) is 9.53 Å². The molecule has 0 fully saturated rings. The van der Waals surface area contributed by atoms with Crippen molar-refractivity contribution in [2.75, 3.05) is 19.6 Å². The van der Waals surface area contributed by atoms with E-state index >= 15 is 0 Å². The Balaban J connectivity index is 2.96. The van der Waals surface area contributed by atoms with Crippen molar-refractivity contribution in [2.45, 2.75) is 6.92 Å². The Hall–Kier alpha value is -2.64. The quantitative estimate of drug-likeness (QED) is 0.376. The van der Waals surface area contributed by atoms with Gasteiger partial charge >= 0.3 is 5.97 Å². The summed E-state index contributed by atoms with van der Waals surface area (Å²) in [6, 6.07) is 3.99. The summed E-state index contributed by atoms with van der Waals surface area (Å²) in [4.78, 5) is 21.2. The fourth-order valence-corrected chi connectivity index (χ4v) is 1.22. The third-order valence-electron chi connectivity index (χ3n) is 2.22. The van der Waals surface area contributed by atoms with Gasteiger partial charge in [-0.2, -0.15) is 5.10 Å². The SMILES string of the molecule is COC(=O)/C(C)=N/Nc1ccc([N+](=O)[O-])cc1OC. The molecule has 0 atom stereocenters. The van der Waals surface area contributed by atoms with Gasteiger partial charge in [-0.1, -0.05) is 0 Å². The maximum Gasteiger partial charge on any atom is 0.353 e. The van der Waals surface area contributed by atoms with Crippen molar-refractivity contribution >= 4 is 23.1 Å². The monoisotopic (exact) mass is 267 g/mol. The molecule has 0 spiro atoms. The highest BCUT2D eigenvalue weighted by Gasteiger charge is 2.11. The maximum atomic E-state index is 11.1. The molecule has 0 aliphatic heterocycles. The van der Waals surface area contributed by atoms with Gasteiger partial charge in [-0.05, 0) is 13.0 Å².